The summed E-state index contributed by atoms with van der Waals surface area (Å²) in [6.07, 6.45) is 0.987. The predicted octanol–water partition coefficient (Wildman–Crippen LogP) is 3.77. The summed E-state index contributed by atoms with van der Waals surface area (Å²) in [6.45, 7) is 5.14. The van der Waals surface area contributed by atoms with Crippen LogP contribution in [0, 0.1) is 0 Å². The van der Waals surface area contributed by atoms with Gasteiger partial charge in [-0.2, -0.15) is 0 Å². The van der Waals surface area contributed by atoms with E-state index in [1.165, 1.54) is 6.38 Å². The summed E-state index contributed by atoms with van der Waals surface area (Å²) in [5, 5.41) is 12.3. The number of ether oxygens (including phenoxy) is 1. The first-order chi connectivity index (χ1) is 10.6. The van der Waals surface area contributed by atoms with E-state index in [2.05, 4.69) is 42.5 Å². The van der Waals surface area contributed by atoms with Crippen LogP contribution in [0.3, 0.4) is 0 Å². The molecule has 0 amide bonds. The SMILES string of the molecule is CC(C)N(C)CC(O)COc1cccc2ccccc12.CCl. The van der Waals surface area contributed by atoms with Gasteiger partial charge in [0.25, 0.3) is 0 Å². The molecule has 1 atom stereocenters. The Balaban J connectivity index is 0.00000116. The maximum absolute atomic E-state index is 10.0. The van der Waals surface area contributed by atoms with Crippen LogP contribution in [0.5, 0.6) is 5.75 Å². The van der Waals surface area contributed by atoms with E-state index >= 15 is 0 Å². The maximum atomic E-state index is 10.0. The smallest absolute Gasteiger partial charge is 0.127 e. The molecule has 122 valence electrons. The molecule has 2 aromatic rings. The molecule has 0 aliphatic carbocycles. The minimum absolute atomic E-state index is 0.311. The molecule has 2 rings (SSSR count). The third-order valence-electron chi connectivity index (χ3n) is 3.56. The first kappa shape index (κ1) is 18.8. The number of halogens is 1. The third kappa shape index (κ3) is 5.48. The molecule has 0 saturated heterocycles. The van der Waals surface area contributed by atoms with E-state index in [4.69, 9.17) is 4.74 Å². The van der Waals surface area contributed by atoms with Crippen molar-refractivity contribution in [1.29, 1.82) is 0 Å². The van der Waals surface area contributed by atoms with Crippen molar-refractivity contribution >= 4 is 22.4 Å². The Bertz CT molecular complexity index is 554. The molecule has 0 spiro atoms. The van der Waals surface area contributed by atoms with Gasteiger partial charge in [0.2, 0.25) is 0 Å². The van der Waals surface area contributed by atoms with Crippen LogP contribution in [-0.2, 0) is 0 Å². The fraction of sp³-hybridized carbons (Fsp3) is 0.444. The number of aliphatic hydroxyl groups is 1. The normalized spacial score (nSPS) is 12.2. The molecule has 0 aromatic heterocycles. The zero-order chi connectivity index (χ0) is 16.5. The van der Waals surface area contributed by atoms with Gasteiger partial charge in [0.15, 0.2) is 0 Å². The molecule has 2 aromatic carbocycles. The number of rotatable bonds is 6. The van der Waals surface area contributed by atoms with Crippen LogP contribution in [0.15, 0.2) is 42.5 Å². The molecule has 0 aliphatic heterocycles. The van der Waals surface area contributed by atoms with Gasteiger partial charge < -0.3 is 14.7 Å². The van der Waals surface area contributed by atoms with E-state index in [0.29, 0.717) is 19.2 Å². The van der Waals surface area contributed by atoms with Crippen molar-refractivity contribution in [2.75, 3.05) is 26.6 Å². The molecule has 3 nitrogen and oxygen atoms in total. The van der Waals surface area contributed by atoms with Crippen LogP contribution in [0.2, 0.25) is 0 Å². The van der Waals surface area contributed by atoms with Crippen LogP contribution in [0.4, 0.5) is 0 Å². The molecule has 1 N–H and O–H groups in total. The van der Waals surface area contributed by atoms with Gasteiger partial charge in [0.05, 0.1) is 0 Å². The summed E-state index contributed by atoms with van der Waals surface area (Å²) in [7, 11) is 2.01. The average Bonchev–Trinajstić information content (AvgIpc) is 2.54. The Kier molecular flexibility index (Phi) is 8.25. The Morgan fingerprint density at radius 3 is 2.41 bits per heavy atom. The van der Waals surface area contributed by atoms with Crippen molar-refractivity contribution in [1.82, 2.24) is 4.90 Å². The van der Waals surface area contributed by atoms with Gasteiger partial charge in [0.1, 0.15) is 18.5 Å². The second-order valence-electron chi connectivity index (χ2n) is 5.48. The van der Waals surface area contributed by atoms with Gasteiger partial charge in [-0.3, -0.25) is 0 Å². The maximum Gasteiger partial charge on any atom is 0.127 e. The zero-order valence-corrected chi connectivity index (χ0v) is 14.5. The van der Waals surface area contributed by atoms with Crippen molar-refractivity contribution in [3.8, 4) is 5.75 Å². The van der Waals surface area contributed by atoms with Crippen molar-refractivity contribution < 1.29 is 9.84 Å². The Morgan fingerprint density at radius 2 is 1.73 bits per heavy atom. The molecule has 22 heavy (non-hydrogen) atoms. The molecular formula is C18H26ClNO2. The highest BCUT2D eigenvalue weighted by Crippen LogP contribution is 2.25. The fourth-order valence-electron chi connectivity index (χ4n) is 2.10. The first-order valence-electron chi connectivity index (χ1n) is 7.44. The highest BCUT2D eigenvalue weighted by molar-refractivity contribution is 6.15. The third-order valence-corrected chi connectivity index (χ3v) is 3.56. The van der Waals surface area contributed by atoms with E-state index in [0.717, 1.165) is 16.5 Å². The topological polar surface area (TPSA) is 32.7 Å². The van der Waals surface area contributed by atoms with E-state index in [1.54, 1.807) is 0 Å². The van der Waals surface area contributed by atoms with Crippen LogP contribution in [0.25, 0.3) is 10.8 Å². The van der Waals surface area contributed by atoms with Gasteiger partial charge >= 0.3 is 0 Å². The number of hydrogen-bond acceptors (Lipinski definition) is 3. The molecule has 0 radical (unpaired) electrons. The van der Waals surface area contributed by atoms with Crippen LogP contribution in [0.1, 0.15) is 13.8 Å². The van der Waals surface area contributed by atoms with Crippen LogP contribution in [-0.4, -0.2) is 48.7 Å². The van der Waals surface area contributed by atoms with Gasteiger partial charge in [-0.15, -0.1) is 11.6 Å². The van der Waals surface area contributed by atoms with Gasteiger partial charge in [-0.05, 0) is 32.3 Å². The van der Waals surface area contributed by atoms with E-state index in [-0.39, 0.29) is 0 Å². The number of fused-ring (bicyclic) bond motifs is 1. The van der Waals surface area contributed by atoms with Gasteiger partial charge in [-0.25, -0.2) is 0 Å². The molecular weight excluding hydrogens is 298 g/mol. The van der Waals surface area contributed by atoms with Crippen molar-refractivity contribution in [3.63, 3.8) is 0 Å². The highest BCUT2D eigenvalue weighted by Gasteiger charge is 2.12. The number of likely N-dealkylation sites (N-methyl/N-ethyl adjacent to an activating group) is 1. The minimum atomic E-state index is -0.485. The molecule has 0 aliphatic rings. The molecule has 4 heteroatoms. The number of hydrogen-bond donors (Lipinski definition) is 1. The summed E-state index contributed by atoms with van der Waals surface area (Å²) in [4.78, 5) is 2.11. The number of benzene rings is 2. The monoisotopic (exact) mass is 323 g/mol. The van der Waals surface area contributed by atoms with Crippen molar-refractivity contribution in [3.05, 3.63) is 42.5 Å². The highest BCUT2D eigenvalue weighted by atomic mass is 35.5. The van der Waals surface area contributed by atoms with Gasteiger partial charge in [0, 0.05) is 24.4 Å². The second-order valence-corrected chi connectivity index (χ2v) is 5.48. The largest absolute Gasteiger partial charge is 0.490 e. The molecule has 1 unspecified atom stereocenters. The minimum Gasteiger partial charge on any atom is -0.490 e. The fourth-order valence-corrected chi connectivity index (χ4v) is 2.10. The number of alkyl halides is 1. The molecule has 0 bridgehead atoms. The Morgan fingerprint density at radius 1 is 1.09 bits per heavy atom. The second kappa shape index (κ2) is 9.67. The lowest BCUT2D eigenvalue weighted by Gasteiger charge is -2.24. The zero-order valence-electron chi connectivity index (χ0n) is 13.8. The van der Waals surface area contributed by atoms with Crippen LogP contribution < -0.4 is 4.74 Å². The lowest BCUT2D eigenvalue weighted by Crippen LogP contribution is -2.36. The molecule has 0 heterocycles. The average molecular weight is 324 g/mol. The van der Waals surface area contributed by atoms with Crippen LogP contribution >= 0.6 is 11.6 Å². The Hall–Kier alpha value is -1.29. The summed E-state index contributed by atoms with van der Waals surface area (Å²) >= 11 is 4.64. The van der Waals surface area contributed by atoms with Crippen molar-refractivity contribution in [2.24, 2.45) is 0 Å². The Labute approximate surface area is 138 Å². The van der Waals surface area contributed by atoms with E-state index in [9.17, 15) is 5.11 Å². The first-order valence-corrected chi connectivity index (χ1v) is 8.20. The standard InChI is InChI=1S/C17H23NO2.CH3Cl/c1-13(2)18(3)11-15(19)12-20-17-10-6-8-14-7-4-5-9-16(14)17;1-2/h4-10,13,15,19H,11-12H2,1-3H3;1H3. The van der Waals surface area contributed by atoms with Crippen molar-refractivity contribution in [2.45, 2.75) is 26.0 Å². The number of nitrogens with zero attached hydrogens (tertiary/aromatic N) is 1. The van der Waals surface area contributed by atoms with E-state index in [1.807, 2.05) is 37.4 Å². The molecule has 0 fully saturated rings. The van der Waals surface area contributed by atoms with E-state index < -0.39 is 6.10 Å². The summed E-state index contributed by atoms with van der Waals surface area (Å²) < 4.78 is 5.79. The quantitative estimate of drug-likeness (QED) is 0.821. The van der Waals surface area contributed by atoms with Gasteiger partial charge in [-0.1, -0.05) is 36.4 Å². The summed E-state index contributed by atoms with van der Waals surface area (Å²) in [6, 6.07) is 14.5. The summed E-state index contributed by atoms with van der Waals surface area (Å²) in [5.41, 5.74) is 0. The number of aliphatic hydroxyl groups excluding tert-OH is 1. The lowest BCUT2D eigenvalue weighted by molar-refractivity contribution is 0.0684. The lowest BCUT2D eigenvalue weighted by atomic mass is 10.1. The summed E-state index contributed by atoms with van der Waals surface area (Å²) in [5.74, 6) is 0.828. The predicted molar refractivity (Wildman–Crippen MR) is 95.0 cm³/mol. The molecule has 0 saturated carbocycles.